The highest BCUT2D eigenvalue weighted by Gasteiger charge is 2.21. The van der Waals surface area contributed by atoms with Gasteiger partial charge < -0.3 is 15.0 Å². The molecule has 2 aromatic carbocycles. The van der Waals surface area contributed by atoms with Crippen LogP contribution in [-0.2, 0) is 0 Å². The summed E-state index contributed by atoms with van der Waals surface area (Å²) in [5, 5.41) is 22.4. The molecule has 1 saturated heterocycles. The zero-order chi connectivity index (χ0) is 23.4. The molecule has 0 spiro atoms. The minimum atomic E-state index is -0.688. The van der Waals surface area contributed by atoms with Crippen LogP contribution in [0.3, 0.4) is 0 Å². The number of nitrogens with zero attached hydrogens (tertiary/aromatic N) is 4. The first-order valence-corrected chi connectivity index (χ1v) is 10.5. The summed E-state index contributed by atoms with van der Waals surface area (Å²) in [5.74, 6) is -0.609. The van der Waals surface area contributed by atoms with Gasteiger partial charge in [0, 0.05) is 30.8 Å². The van der Waals surface area contributed by atoms with Crippen LogP contribution in [0.1, 0.15) is 17.5 Å². The third-order valence-corrected chi connectivity index (χ3v) is 5.59. The molecule has 0 amide bonds. The fraction of sp³-hybridized carbons (Fsp3) is 0.240. The van der Waals surface area contributed by atoms with Gasteiger partial charge >= 0.3 is 0 Å². The van der Waals surface area contributed by atoms with Gasteiger partial charge in [-0.1, -0.05) is 12.1 Å². The lowest BCUT2D eigenvalue weighted by Gasteiger charge is -2.23. The van der Waals surface area contributed by atoms with Crippen molar-refractivity contribution < 1.29 is 13.5 Å². The van der Waals surface area contributed by atoms with Gasteiger partial charge in [-0.2, -0.15) is 10.5 Å². The van der Waals surface area contributed by atoms with E-state index in [4.69, 9.17) is 15.0 Å². The summed E-state index contributed by atoms with van der Waals surface area (Å²) < 4.78 is 34.1. The summed E-state index contributed by atoms with van der Waals surface area (Å²) >= 11 is 0. The molecule has 0 bridgehead atoms. The van der Waals surface area contributed by atoms with Crippen molar-refractivity contribution in [1.29, 1.82) is 10.5 Å². The van der Waals surface area contributed by atoms with Crippen molar-refractivity contribution in [2.24, 2.45) is 0 Å². The van der Waals surface area contributed by atoms with Gasteiger partial charge in [-0.25, -0.2) is 13.8 Å². The SMILES string of the molecule is COc1ccc(-c2c(C#N)cc(N3CCCNCC3)nc2-c2ccc(C#N)c(F)c2)cc1F. The Morgan fingerprint density at radius 2 is 1.70 bits per heavy atom. The molecule has 0 atom stereocenters. The van der Waals surface area contributed by atoms with Gasteiger partial charge in [-0.15, -0.1) is 0 Å². The largest absolute Gasteiger partial charge is 0.494 e. The van der Waals surface area contributed by atoms with E-state index >= 15 is 0 Å². The highest BCUT2D eigenvalue weighted by Crippen LogP contribution is 2.38. The summed E-state index contributed by atoms with van der Waals surface area (Å²) in [4.78, 5) is 6.88. The minimum absolute atomic E-state index is 0.0740. The number of nitriles is 2. The quantitative estimate of drug-likeness (QED) is 0.647. The Morgan fingerprint density at radius 1 is 0.939 bits per heavy atom. The molecule has 0 saturated carbocycles. The lowest BCUT2D eigenvalue weighted by atomic mass is 9.94. The summed E-state index contributed by atoms with van der Waals surface area (Å²) in [6, 6.07) is 14.3. The number of hydrogen-bond acceptors (Lipinski definition) is 6. The smallest absolute Gasteiger partial charge is 0.165 e. The lowest BCUT2D eigenvalue weighted by molar-refractivity contribution is 0.386. The second-order valence-electron chi connectivity index (χ2n) is 7.61. The van der Waals surface area contributed by atoms with Crippen molar-refractivity contribution >= 4 is 5.82 Å². The van der Waals surface area contributed by atoms with E-state index < -0.39 is 11.6 Å². The number of halogens is 2. The standard InChI is InChI=1S/C25H21F2N5O/c1-33-22-6-5-16(11-21(22)27)24-19(15-29)13-23(32-9-2-7-30-8-10-32)31-25(24)17-3-4-18(14-28)20(26)12-17/h3-6,11-13,30H,2,7-10H2,1H3. The lowest BCUT2D eigenvalue weighted by Crippen LogP contribution is -2.28. The molecule has 2 heterocycles. The number of anilines is 1. The van der Waals surface area contributed by atoms with Crippen molar-refractivity contribution in [3.8, 4) is 40.3 Å². The van der Waals surface area contributed by atoms with Crippen molar-refractivity contribution in [2.75, 3.05) is 38.2 Å². The summed E-state index contributed by atoms with van der Waals surface area (Å²) in [7, 11) is 1.37. The first-order chi connectivity index (χ1) is 16.0. The predicted molar refractivity (Wildman–Crippen MR) is 121 cm³/mol. The molecule has 166 valence electrons. The summed E-state index contributed by atoms with van der Waals surface area (Å²) in [6.45, 7) is 3.12. The van der Waals surface area contributed by atoms with Crippen LogP contribution >= 0.6 is 0 Å². The maximum atomic E-state index is 14.5. The number of pyridine rings is 1. The monoisotopic (exact) mass is 445 g/mol. The molecule has 8 heteroatoms. The van der Waals surface area contributed by atoms with Crippen LogP contribution in [0.2, 0.25) is 0 Å². The summed E-state index contributed by atoms with van der Waals surface area (Å²) in [6.07, 6.45) is 0.913. The number of hydrogen-bond donors (Lipinski definition) is 1. The zero-order valence-corrected chi connectivity index (χ0v) is 18.0. The van der Waals surface area contributed by atoms with Gasteiger partial charge in [0.2, 0.25) is 0 Å². The fourth-order valence-electron chi connectivity index (χ4n) is 3.93. The van der Waals surface area contributed by atoms with E-state index in [9.17, 15) is 14.0 Å². The van der Waals surface area contributed by atoms with Crippen LogP contribution in [0.15, 0.2) is 42.5 Å². The number of ether oxygens (including phenoxy) is 1. The average Bonchev–Trinajstić information content (AvgIpc) is 3.13. The zero-order valence-electron chi connectivity index (χ0n) is 18.0. The topological polar surface area (TPSA) is 85.0 Å². The third kappa shape index (κ3) is 4.48. The average molecular weight is 445 g/mol. The van der Waals surface area contributed by atoms with Gasteiger partial charge in [0.25, 0.3) is 0 Å². The second-order valence-corrected chi connectivity index (χ2v) is 7.61. The van der Waals surface area contributed by atoms with Gasteiger partial charge in [0.1, 0.15) is 17.7 Å². The Labute approximate surface area is 190 Å². The minimum Gasteiger partial charge on any atom is -0.494 e. The van der Waals surface area contributed by atoms with Crippen LogP contribution in [-0.4, -0.2) is 38.3 Å². The number of rotatable bonds is 4. The fourth-order valence-corrected chi connectivity index (χ4v) is 3.93. The van der Waals surface area contributed by atoms with Crippen LogP contribution in [0.25, 0.3) is 22.4 Å². The maximum Gasteiger partial charge on any atom is 0.165 e. The van der Waals surface area contributed by atoms with E-state index in [-0.39, 0.29) is 11.3 Å². The molecule has 3 aromatic rings. The Bertz CT molecular complexity index is 1270. The van der Waals surface area contributed by atoms with Crippen molar-refractivity contribution in [2.45, 2.75) is 6.42 Å². The van der Waals surface area contributed by atoms with Gasteiger partial charge in [-0.3, -0.25) is 0 Å². The highest BCUT2D eigenvalue weighted by molar-refractivity contribution is 5.87. The van der Waals surface area contributed by atoms with Crippen LogP contribution < -0.4 is 15.0 Å². The number of benzene rings is 2. The molecular weight excluding hydrogens is 424 g/mol. The Balaban J connectivity index is 1.96. The van der Waals surface area contributed by atoms with E-state index in [0.29, 0.717) is 40.3 Å². The molecule has 1 aromatic heterocycles. The van der Waals surface area contributed by atoms with Crippen LogP contribution in [0.5, 0.6) is 5.75 Å². The van der Waals surface area contributed by atoms with E-state index in [1.165, 1.54) is 31.4 Å². The van der Waals surface area contributed by atoms with Gasteiger partial charge in [-0.05, 0) is 48.9 Å². The van der Waals surface area contributed by atoms with Crippen LogP contribution in [0.4, 0.5) is 14.6 Å². The molecular formula is C25H21F2N5O. The Morgan fingerprint density at radius 3 is 2.39 bits per heavy atom. The van der Waals surface area contributed by atoms with E-state index in [1.54, 1.807) is 24.3 Å². The molecule has 0 aliphatic carbocycles. The maximum absolute atomic E-state index is 14.5. The molecule has 6 nitrogen and oxygen atoms in total. The number of aromatic nitrogens is 1. The highest BCUT2D eigenvalue weighted by atomic mass is 19.1. The first-order valence-electron chi connectivity index (χ1n) is 10.5. The first kappa shape index (κ1) is 22.2. The van der Waals surface area contributed by atoms with Crippen molar-refractivity contribution in [3.63, 3.8) is 0 Å². The molecule has 33 heavy (non-hydrogen) atoms. The van der Waals surface area contributed by atoms with Gasteiger partial charge in [0.05, 0.1) is 30.0 Å². The molecule has 1 N–H and O–H groups in total. The molecule has 4 rings (SSSR count). The van der Waals surface area contributed by atoms with E-state index in [0.717, 1.165) is 26.1 Å². The van der Waals surface area contributed by atoms with E-state index in [1.807, 2.05) is 0 Å². The van der Waals surface area contributed by atoms with Crippen molar-refractivity contribution in [1.82, 2.24) is 10.3 Å². The number of methoxy groups -OCH3 is 1. The molecule has 0 radical (unpaired) electrons. The van der Waals surface area contributed by atoms with Crippen molar-refractivity contribution in [3.05, 3.63) is 65.2 Å². The van der Waals surface area contributed by atoms with Gasteiger partial charge in [0.15, 0.2) is 11.6 Å². The Hall–Kier alpha value is -4.01. The third-order valence-electron chi connectivity index (χ3n) is 5.59. The van der Waals surface area contributed by atoms with E-state index in [2.05, 4.69) is 16.3 Å². The molecule has 0 unspecified atom stereocenters. The second kappa shape index (κ2) is 9.64. The molecule has 1 aliphatic rings. The normalized spacial score (nSPS) is 13.7. The van der Waals surface area contributed by atoms with Crippen LogP contribution in [0, 0.1) is 34.3 Å². The summed E-state index contributed by atoms with van der Waals surface area (Å²) in [5.41, 5.74) is 1.74. The Kier molecular flexibility index (Phi) is 6.48. The molecule has 1 aliphatic heterocycles. The predicted octanol–water partition coefficient (Wildman–Crippen LogP) is 4.25. The molecule has 1 fully saturated rings. The number of nitrogens with one attached hydrogen (secondary N) is 1.